The minimum Gasteiger partial charge on any atom is -0.326 e. The standard InChI is InChI=1S/C13H20ClN3O2S/c1-17-6-2-3-11(9-17)16-20(18,19)12-4-5-13(14)10(7-12)8-15/h4-5,7,11,16H,2-3,6,8-9,15H2,1H3. The van der Waals surface area contributed by atoms with E-state index in [9.17, 15) is 8.42 Å². The van der Waals surface area contributed by atoms with Gasteiger partial charge < -0.3 is 10.6 Å². The van der Waals surface area contributed by atoms with Crippen molar-refractivity contribution in [3.8, 4) is 0 Å². The lowest BCUT2D eigenvalue weighted by Crippen LogP contribution is -2.46. The topological polar surface area (TPSA) is 75.4 Å². The van der Waals surface area contributed by atoms with Crippen molar-refractivity contribution < 1.29 is 8.42 Å². The zero-order valence-electron chi connectivity index (χ0n) is 11.5. The van der Waals surface area contributed by atoms with Crippen molar-refractivity contribution in [2.75, 3.05) is 20.1 Å². The van der Waals surface area contributed by atoms with E-state index >= 15 is 0 Å². The molecule has 1 heterocycles. The van der Waals surface area contributed by atoms with Crippen LogP contribution < -0.4 is 10.5 Å². The number of hydrogen-bond donors (Lipinski definition) is 2. The molecule has 20 heavy (non-hydrogen) atoms. The van der Waals surface area contributed by atoms with Gasteiger partial charge in [-0.15, -0.1) is 0 Å². The number of halogens is 1. The van der Waals surface area contributed by atoms with Gasteiger partial charge in [-0.05, 0) is 50.2 Å². The number of hydrogen-bond acceptors (Lipinski definition) is 4. The first-order valence-electron chi connectivity index (χ1n) is 6.62. The Labute approximate surface area is 125 Å². The van der Waals surface area contributed by atoms with Crippen LogP contribution in [0.2, 0.25) is 5.02 Å². The highest BCUT2D eigenvalue weighted by Gasteiger charge is 2.24. The molecule has 3 N–H and O–H groups in total. The van der Waals surface area contributed by atoms with E-state index in [1.165, 1.54) is 12.1 Å². The van der Waals surface area contributed by atoms with Gasteiger partial charge in [0.1, 0.15) is 0 Å². The van der Waals surface area contributed by atoms with Crippen LogP contribution in [0.5, 0.6) is 0 Å². The van der Waals surface area contributed by atoms with Crippen LogP contribution in [-0.2, 0) is 16.6 Å². The predicted octanol–water partition coefficient (Wildman–Crippen LogP) is 1.17. The van der Waals surface area contributed by atoms with Crippen LogP contribution in [0.3, 0.4) is 0 Å². The summed E-state index contributed by atoms with van der Waals surface area (Å²) < 4.78 is 27.5. The third-order valence-electron chi connectivity index (χ3n) is 3.49. The Morgan fingerprint density at radius 1 is 1.50 bits per heavy atom. The van der Waals surface area contributed by atoms with Crippen molar-refractivity contribution in [2.24, 2.45) is 5.73 Å². The molecular weight excluding hydrogens is 298 g/mol. The van der Waals surface area contributed by atoms with E-state index in [0.29, 0.717) is 10.6 Å². The first-order valence-corrected chi connectivity index (χ1v) is 8.48. The predicted molar refractivity (Wildman–Crippen MR) is 80.2 cm³/mol. The summed E-state index contributed by atoms with van der Waals surface area (Å²) in [5, 5.41) is 0.490. The summed E-state index contributed by atoms with van der Waals surface area (Å²) in [4.78, 5) is 2.35. The van der Waals surface area contributed by atoms with Crippen molar-refractivity contribution in [1.29, 1.82) is 0 Å². The van der Waals surface area contributed by atoms with Gasteiger partial charge in [-0.25, -0.2) is 13.1 Å². The van der Waals surface area contributed by atoms with Crippen LogP contribution in [0.15, 0.2) is 23.1 Å². The quantitative estimate of drug-likeness (QED) is 0.874. The molecule has 0 aliphatic carbocycles. The van der Waals surface area contributed by atoms with Gasteiger partial charge in [0.2, 0.25) is 10.0 Å². The number of sulfonamides is 1. The van der Waals surface area contributed by atoms with Gasteiger partial charge in [0.05, 0.1) is 4.90 Å². The molecule has 0 radical (unpaired) electrons. The molecule has 0 spiro atoms. The Kier molecular flexibility index (Phi) is 5.04. The van der Waals surface area contributed by atoms with E-state index in [-0.39, 0.29) is 17.5 Å². The van der Waals surface area contributed by atoms with Crippen molar-refractivity contribution in [2.45, 2.75) is 30.3 Å². The maximum absolute atomic E-state index is 12.4. The number of likely N-dealkylation sites (N-methyl/N-ethyl adjacent to an activating group) is 1. The Bertz CT molecular complexity index is 577. The van der Waals surface area contributed by atoms with E-state index < -0.39 is 10.0 Å². The smallest absolute Gasteiger partial charge is 0.240 e. The van der Waals surface area contributed by atoms with Crippen LogP contribution in [0.1, 0.15) is 18.4 Å². The maximum Gasteiger partial charge on any atom is 0.240 e. The largest absolute Gasteiger partial charge is 0.326 e. The van der Waals surface area contributed by atoms with E-state index in [4.69, 9.17) is 17.3 Å². The number of piperidine rings is 1. The molecule has 0 aromatic heterocycles. The first kappa shape index (κ1) is 15.7. The average Bonchev–Trinajstić information content (AvgIpc) is 2.38. The van der Waals surface area contributed by atoms with Crippen molar-refractivity contribution in [3.63, 3.8) is 0 Å². The minimum absolute atomic E-state index is 0.0456. The lowest BCUT2D eigenvalue weighted by atomic mass is 10.1. The normalized spacial score (nSPS) is 21.1. The third-order valence-corrected chi connectivity index (χ3v) is 5.38. The average molecular weight is 318 g/mol. The Hall–Kier alpha value is -0.660. The van der Waals surface area contributed by atoms with Gasteiger partial charge in [-0.3, -0.25) is 0 Å². The van der Waals surface area contributed by atoms with E-state index in [2.05, 4.69) is 9.62 Å². The Morgan fingerprint density at radius 2 is 2.25 bits per heavy atom. The highest BCUT2D eigenvalue weighted by Crippen LogP contribution is 2.21. The van der Waals surface area contributed by atoms with Gasteiger partial charge >= 0.3 is 0 Å². The van der Waals surface area contributed by atoms with Crippen molar-refractivity contribution >= 4 is 21.6 Å². The molecule has 0 bridgehead atoms. The zero-order chi connectivity index (χ0) is 14.8. The number of benzene rings is 1. The second-order valence-electron chi connectivity index (χ2n) is 5.18. The fourth-order valence-corrected chi connectivity index (χ4v) is 3.93. The monoisotopic (exact) mass is 317 g/mol. The van der Waals surface area contributed by atoms with Gasteiger partial charge in [0.15, 0.2) is 0 Å². The molecular formula is C13H20ClN3O2S. The molecule has 0 amide bonds. The summed E-state index contributed by atoms with van der Waals surface area (Å²) in [6.45, 7) is 1.96. The molecule has 5 nitrogen and oxygen atoms in total. The maximum atomic E-state index is 12.4. The lowest BCUT2D eigenvalue weighted by Gasteiger charge is -2.30. The van der Waals surface area contributed by atoms with Gasteiger partial charge in [0, 0.05) is 24.2 Å². The summed E-state index contributed by atoms with van der Waals surface area (Å²) in [5.74, 6) is 0. The molecule has 0 saturated carbocycles. The summed E-state index contributed by atoms with van der Waals surface area (Å²) >= 11 is 5.96. The Balaban J connectivity index is 2.17. The first-order chi connectivity index (χ1) is 9.42. The molecule has 1 unspecified atom stereocenters. The fourth-order valence-electron chi connectivity index (χ4n) is 2.42. The number of rotatable bonds is 4. The highest BCUT2D eigenvalue weighted by atomic mass is 35.5. The molecule has 1 fully saturated rings. The van der Waals surface area contributed by atoms with Crippen LogP contribution in [-0.4, -0.2) is 39.5 Å². The number of nitrogens with two attached hydrogens (primary N) is 1. The molecule has 1 saturated heterocycles. The SMILES string of the molecule is CN1CCCC(NS(=O)(=O)c2ccc(Cl)c(CN)c2)C1. The van der Waals surface area contributed by atoms with E-state index in [0.717, 1.165) is 25.9 Å². The number of nitrogens with one attached hydrogen (secondary N) is 1. The van der Waals surface area contributed by atoms with E-state index in [1.807, 2.05) is 7.05 Å². The van der Waals surface area contributed by atoms with Gasteiger partial charge in [-0.2, -0.15) is 0 Å². The lowest BCUT2D eigenvalue weighted by molar-refractivity contribution is 0.242. The van der Waals surface area contributed by atoms with Crippen LogP contribution in [0, 0.1) is 0 Å². The second-order valence-corrected chi connectivity index (χ2v) is 7.30. The van der Waals surface area contributed by atoms with Crippen molar-refractivity contribution in [3.05, 3.63) is 28.8 Å². The van der Waals surface area contributed by atoms with Gasteiger partial charge in [0.25, 0.3) is 0 Å². The highest BCUT2D eigenvalue weighted by molar-refractivity contribution is 7.89. The zero-order valence-corrected chi connectivity index (χ0v) is 13.0. The molecule has 1 atom stereocenters. The van der Waals surface area contributed by atoms with Crippen LogP contribution in [0.25, 0.3) is 0 Å². The molecule has 7 heteroatoms. The van der Waals surface area contributed by atoms with Crippen LogP contribution >= 0.6 is 11.6 Å². The van der Waals surface area contributed by atoms with Crippen LogP contribution in [0.4, 0.5) is 0 Å². The summed E-state index contributed by atoms with van der Waals surface area (Å²) in [6.07, 6.45) is 1.86. The number of likely N-dealkylation sites (tertiary alicyclic amines) is 1. The van der Waals surface area contributed by atoms with Gasteiger partial charge in [-0.1, -0.05) is 11.6 Å². The summed E-state index contributed by atoms with van der Waals surface area (Å²) in [6, 6.07) is 4.58. The summed E-state index contributed by atoms with van der Waals surface area (Å²) in [7, 11) is -1.53. The molecule has 2 rings (SSSR count). The molecule has 1 aliphatic rings. The molecule has 1 aromatic rings. The van der Waals surface area contributed by atoms with Crippen molar-refractivity contribution in [1.82, 2.24) is 9.62 Å². The minimum atomic E-state index is -3.52. The molecule has 1 aliphatic heterocycles. The fraction of sp³-hybridized carbons (Fsp3) is 0.538. The second kappa shape index (κ2) is 6.41. The molecule has 1 aromatic carbocycles. The van der Waals surface area contributed by atoms with E-state index in [1.54, 1.807) is 6.07 Å². The number of nitrogens with zero attached hydrogens (tertiary/aromatic N) is 1. The summed E-state index contributed by atoms with van der Waals surface area (Å²) in [5.41, 5.74) is 6.19. The third kappa shape index (κ3) is 3.71. The Morgan fingerprint density at radius 3 is 2.90 bits per heavy atom. The molecule has 112 valence electrons.